The van der Waals surface area contributed by atoms with Gasteiger partial charge in [-0.05, 0) is 96.1 Å². The molecule has 414 valence electrons. The second-order valence-electron chi connectivity index (χ2n) is 19.6. The minimum Gasteiger partial charge on any atom is -0.481 e. The largest absolute Gasteiger partial charge is 0.481 e. The molecule has 72 heavy (non-hydrogen) atoms. The van der Waals surface area contributed by atoms with Crippen LogP contribution in [-0.4, -0.2) is 135 Å². The minimum atomic E-state index is -2.02. The lowest BCUT2D eigenvalue weighted by molar-refractivity contribution is -0.142. The van der Waals surface area contributed by atoms with Gasteiger partial charge in [0.15, 0.2) is 18.4 Å². The molecule has 5 amide bonds. The molecule has 1 fully saturated rings. The number of likely N-dealkylation sites (N-methyl/N-ethyl adjacent to an activating group) is 1. The number of carboxylic acid groups (broad SMARTS) is 2. The van der Waals surface area contributed by atoms with Gasteiger partial charge in [-0.3, -0.25) is 33.6 Å². The van der Waals surface area contributed by atoms with Gasteiger partial charge in [-0.25, -0.2) is 4.79 Å². The molecule has 0 bridgehead atoms. The first-order valence-electron chi connectivity index (χ1n) is 26.9. The molecule has 4 atom stereocenters. The summed E-state index contributed by atoms with van der Waals surface area (Å²) in [7, 11) is 1.67. The molecule has 1 aliphatic rings. The predicted molar refractivity (Wildman–Crippen MR) is 272 cm³/mol. The quantitative estimate of drug-likeness (QED) is 0.0232. The lowest BCUT2D eigenvalue weighted by Crippen LogP contribution is -2.48. The Labute approximate surface area is 427 Å². The summed E-state index contributed by atoms with van der Waals surface area (Å²) in [6.07, 6.45) is 19.1. The van der Waals surface area contributed by atoms with E-state index < -0.39 is 78.6 Å². The number of aliphatic carboxylic acids is 2. The van der Waals surface area contributed by atoms with Crippen LogP contribution in [0.3, 0.4) is 0 Å². The van der Waals surface area contributed by atoms with Gasteiger partial charge >= 0.3 is 11.9 Å². The molecule has 0 aromatic carbocycles. The van der Waals surface area contributed by atoms with Crippen LogP contribution in [0, 0.1) is 11.8 Å². The molecule has 0 unspecified atom stereocenters. The number of ketones is 1. The van der Waals surface area contributed by atoms with Crippen LogP contribution in [0.4, 0.5) is 0 Å². The van der Waals surface area contributed by atoms with Gasteiger partial charge < -0.3 is 62.5 Å². The third kappa shape index (κ3) is 33.3. The highest BCUT2D eigenvalue weighted by atomic mass is 16.5. The van der Waals surface area contributed by atoms with Crippen LogP contribution in [0.2, 0.25) is 0 Å². The lowest BCUT2D eigenvalue weighted by atomic mass is 9.81. The second-order valence-corrected chi connectivity index (χ2v) is 19.6. The maximum Gasteiger partial charge on any atom is 0.326 e. The average molecular weight is 1030 g/mol. The molecule has 1 rings (SSSR count). The van der Waals surface area contributed by atoms with E-state index in [1.807, 2.05) is 0 Å². The Morgan fingerprint density at radius 3 is 1.44 bits per heavy atom. The number of nitrogens with one attached hydrogen (secondary N) is 6. The number of carbonyl (C=O) groups is 8. The van der Waals surface area contributed by atoms with E-state index in [0.29, 0.717) is 64.5 Å². The number of hydrogen-bond acceptors (Lipinski definition) is 13. The molecule has 1 saturated carbocycles. The number of unbranched alkanes of at least 4 members (excludes halogenated alkanes) is 16. The molecule has 0 aromatic rings. The molecule has 1 aliphatic carbocycles. The summed E-state index contributed by atoms with van der Waals surface area (Å²) in [5.74, 6) is -4.71. The number of aliphatic hydroxyl groups excluding tert-OH is 2. The number of hydrogen-bond donors (Lipinski definition) is 12. The van der Waals surface area contributed by atoms with Crippen molar-refractivity contribution in [1.82, 2.24) is 31.9 Å². The van der Waals surface area contributed by atoms with Crippen molar-refractivity contribution in [2.75, 3.05) is 20.1 Å². The molecular weight excluding hydrogens is 933 g/mol. The summed E-state index contributed by atoms with van der Waals surface area (Å²) in [4.78, 5) is 97.6. The number of aliphatic hydroxyl groups is 4. The number of carbonyl (C=O) groups excluding carboxylic acids is 6. The van der Waals surface area contributed by atoms with Gasteiger partial charge in [0.2, 0.25) is 29.5 Å². The zero-order valence-electron chi connectivity index (χ0n) is 43.2. The van der Waals surface area contributed by atoms with E-state index in [1.165, 1.54) is 70.3 Å². The predicted octanol–water partition coefficient (Wildman–Crippen LogP) is 4.15. The normalized spacial score (nSPS) is 16.3. The Bertz CT molecular complexity index is 1590. The first-order chi connectivity index (χ1) is 34.5. The fourth-order valence-electron chi connectivity index (χ4n) is 8.92. The summed E-state index contributed by atoms with van der Waals surface area (Å²) in [5, 5.41) is 73.9. The van der Waals surface area contributed by atoms with Gasteiger partial charge in [0.1, 0.15) is 6.04 Å². The molecule has 0 radical (unpaired) electrons. The van der Waals surface area contributed by atoms with Crippen molar-refractivity contribution in [3.05, 3.63) is 12.7 Å². The van der Waals surface area contributed by atoms with Crippen molar-refractivity contribution < 1.29 is 69.0 Å². The average Bonchev–Trinajstić information content (AvgIpc) is 3.34. The molecular formula is C52H92N6O14. The summed E-state index contributed by atoms with van der Waals surface area (Å²) < 4.78 is 0. The summed E-state index contributed by atoms with van der Waals surface area (Å²) in [6, 6.07) is -4.32. The van der Waals surface area contributed by atoms with Gasteiger partial charge in [-0.2, -0.15) is 0 Å². The Morgan fingerprint density at radius 2 is 0.958 bits per heavy atom. The van der Waals surface area contributed by atoms with Crippen molar-refractivity contribution in [3.8, 4) is 0 Å². The number of amides is 5. The molecule has 0 aliphatic heterocycles. The van der Waals surface area contributed by atoms with E-state index in [0.717, 1.165) is 38.5 Å². The Morgan fingerprint density at radius 1 is 0.500 bits per heavy atom. The standard InChI is InChI=1S/C52H92N6O14/c1-3-43(59)39(53-2)22-20-21-35-54-45(61)32-29-40(50(67)68)56-46(62)33-30-41(51(69)70)57-47(63)34-31-42(52(71)72)58-49(66)38-27-25-37(26-28-38)36-55-44(60)23-18-16-14-12-10-8-6-4-5-7-9-11-13-15-17-19-24-48(64)65/h3,37-42,50,52-53,67-68,71-72H,1,4-36H2,2H3,(H,54,61)(H,55,60)(H,56,62)(H,57,63)(H,58,66)(H,64,65)(H,69,70)/t37-,38-,39-,40-,41-,42-/m0/s1. The van der Waals surface area contributed by atoms with Crippen LogP contribution in [0.5, 0.6) is 0 Å². The van der Waals surface area contributed by atoms with Gasteiger partial charge in [0.25, 0.3) is 0 Å². The summed E-state index contributed by atoms with van der Waals surface area (Å²) in [6.45, 7) is 4.34. The Balaban J connectivity index is 2.27. The van der Waals surface area contributed by atoms with Gasteiger partial charge in [-0.1, -0.05) is 96.5 Å². The zero-order chi connectivity index (χ0) is 53.5. The topological polar surface area (TPSA) is 330 Å². The molecule has 0 spiro atoms. The first kappa shape index (κ1) is 65.5. The highest BCUT2D eigenvalue weighted by Gasteiger charge is 2.30. The maximum atomic E-state index is 13.1. The zero-order valence-corrected chi connectivity index (χ0v) is 43.2. The molecule has 0 saturated heterocycles. The fraction of sp³-hybridized carbons (Fsp3) is 0.808. The SMILES string of the molecule is C=CC(=O)[C@H](CCCCNC(=O)CC[C@H](NC(=O)CC[C@H](NC(=O)CC[C@H](NC(=O)[C@H]1CC[C@H](CNC(=O)CCCCCCCCCCCCCCCCCCC(=O)O)CC1)C(O)O)C(=O)O)C(O)O)NC. The lowest BCUT2D eigenvalue weighted by Gasteiger charge is -2.30. The van der Waals surface area contributed by atoms with Crippen LogP contribution in [0.15, 0.2) is 12.7 Å². The van der Waals surface area contributed by atoms with Crippen molar-refractivity contribution in [1.29, 1.82) is 0 Å². The molecule has 0 heterocycles. The van der Waals surface area contributed by atoms with Crippen LogP contribution in [0.25, 0.3) is 0 Å². The summed E-state index contributed by atoms with van der Waals surface area (Å²) >= 11 is 0. The maximum absolute atomic E-state index is 13.1. The molecule has 20 nitrogen and oxygen atoms in total. The highest BCUT2D eigenvalue weighted by Crippen LogP contribution is 2.29. The first-order valence-corrected chi connectivity index (χ1v) is 26.9. The third-order valence-electron chi connectivity index (χ3n) is 13.5. The third-order valence-corrected chi connectivity index (χ3v) is 13.5. The van der Waals surface area contributed by atoms with E-state index in [2.05, 4.69) is 38.5 Å². The number of carboxylic acids is 2. The van der Waals surface area contributed by atoms with E-state index in [9.17, 15) is 63.9 Å². The van der Waals surface area contributed by atoms with Crippen molar-refractivity contribution in [3.63, 3.8) is 0 Å². The van der Waals surface area contributed by atoms with E-state index in [4.69, 9.17) is 5.11 Å². The van der Waals surface area contributed by atoms with E-state index >= 15 is 0 Å². The van der Waals surface area contributed by atoms with Crippen molar-refractivity contribution >= 4 is 47.3 Å². The van der Waals surface area contributed by atoms with Gasteiger partial charge in [0, 0.05) is 51.1 Å². The minimum absolute atomic E-state index is 0.0304. The van der Waals surface area contributed by atoms with Crippen molar-refractivity contribution in [2.24, 2.45) is 11.8 Å². The molecule has 20 heteroatoms. The van der Waals surface area contributed by atoms with Gasteiger partial charge in [0.05, 0.1) is 18.1 Å². The van der Waals surface area contributed by atoms with Crippen LogP contribution in [-0.2, 0) is 38.4 Å². The number of rotatable bonds is 45. The van der Waals surface area contributed by atoms with E-state index in [-0.39, 0.29) is 62.2 Å². The van der Waals surface area contributed by atoms with Crippen LogP contribution < -0.4 is 31.9 Å². The second kappa shape index (κ2) is 40.9. The molecule has 12 N–H and O–H groups in total. The summed E-state index contributed by atoms with van der Waals surface area (Å²) in [5.41, 5.74) is 0. The molecule has 0 aromatic heterocycles. The highest BCUT2D eigenvalue weighted by molar-refractivity contribution is 5.93. The Kier molecular flexibility index (Phi) is 37.2. The Hall–Kier alpha value is -4.50. The monoisotopic (exact) mass is 1020 g/mol. The van der Waals surface area contributed by atoms with Crippen molar-refractivity contribution in [2.45, 2.75) is 236 Å². The van der Waals surface area contributed by atoms with Crippen LogP contribution in [0.1, 0.15) is 199 Å². The van der Waals surface area contributed by atoms with Crippen LogP contribution >= 0.6 is 0 Å². The fourth-order valence-corrected chi connectivity index (χ4v) is 8.92. The van der Waals surface area contributed by atoms with Gasteiger partial charge in [-0.15, -0.1) is 0 Å². The van der Waals surface area contributed by atoms with E-state index in [1.54, 1.807) is 7.05 Å². The smallest absolute Gasteiger partial charge is 0.326 e.